The van der Waals surface area contributed by atoms with Crippen LogP contribution < -0.4 is 0 Å². The Balaban J connectivity index is 2.62. The molecule has 0 radical (unpaired) electrons. The molecule has 0 amide bonds. The molecule has 1 aromatic rings. The molecule has 0 aromatic heterocycles. The van der Waals surface area contributed by atoms with Crippen LogP contribution in [0, 0.1) is 13.8 Å². The van der Waals surface area contributed by atoms with Crippen molar-refractivity contribution in [2.24, 2.45) is 0 Å². The summed E-state index contributed by atoms with van der Waals surface area (Å²) in [5.41, 5.74) is 3.83. The van der Waals surface area contributed by atoms with E-state index in [1.807, 2.05) is 0 Å². The highest BCUT2D eigenvalue weighted by Crippen LogP contribution is 2.35. The minimum absolute atomic E-state index is 0.395. The molecule has 0 N–H and O–H groups in total. The largest absolute Gasteiger partial charge is 0.0840 e. The second-order valence-corrected chi connectivity index (χ2v) is 6.29. The summed E-state index contributed by atoms with van der Waals surface area (Å²) in [5.74, 6) is 0. The quantitative estimate of drug-likeness (QED) is 0.423. The summed E-state index contributed by atoms with van der Waals surface area (Å²) in [4.78, 5) is 0.395. The van der Waals surface area contributed by atoms with Crippen LogP contribution in [0.5, 0.6) is 0 Å². The van der Waals surface area contributed by atoms with Crippen LogP contribution in [-0.4, -0.2) is 0 Å². The molecule has 96 valence electrons. The molecule has 1 atom stereocenters. The molecule has 0 fully saturated rings. The van der Waals surface area contributed by atoms with Gasteiger partial charge in [0, 0.05) is 9.85 Å². The van der Waals surface area contributed by atoms with E-state index in [4.69, 9.17) is 11.6 Å². The Morgan fingerprint density at radius 3 is 2.41 bits per heavy atom. The molecular weight excluding hydrogens is 296 g/mol. The summed E-state index contributed by atoms with van der Waals surface area (Å²) in [5, 5.41) is 0.894. The average molecular weight is 318 g/mol. The van der Waals surface area contributed by atoms with Gasteiger partial charge in [0.25, 0.3) is 0 Å². The van der Waals surface area contributed by atoms with Crippen LogP contribution in [0.2, 0.25) is 5.02 Å². The van der Waals surface area contributed by atoms with E-state index in [0.717, 1.165) is 5.02 Å². The molecule has 0 heterocycles. The fraction of sp³-hybridized carbons (Fsp3) is 0.600. The van der Waals surface area contributed by atoms with Crippen LogP contribution in [0.25, 0.3) is 0 Å². The van der Waals surface area contributed by atoms with Gasteiger partial charge in [0.05, 0.1) is 0 Å². The molecule has 0 nitrogen and oxygen atoms in total. The van der Waals surface area contributed by atoms with E-state index in [1.54, 1.807) is 0 Å². The summed E-state index contributed by atoms with van der Waals surface area (Å²) >= 11 is 10.1. The summed E-state index contributed by atoms with van der Waals surface area (Å²) < 4.78 is 0. The van der Waals surface area contributed by atoms with Crippen molar-refractivity contribution >= 4 is 27.5 Å². The lowest BCUT2D eigenvalue weighted by Crippen LogP contribution is -1.94. The first-order valence-corrected chi connectivity index (χ1v) is 7.76. The number of unbranched alkanes of at least 4 members (excludes halogenated alkanes) is 3. The number of benzene rings is 1. The summed E-state index contributed by atoms with van der Waals surface area (Å²) in [6, 6.07) is 4.30. The molecule has 0 aliphatic carbocycles. The minimum atomic E-state index is 0.395. The lowest BCUT2D eigenvalue weighted by Gasteiger charge is -2.14. The van der Waals surface area contributed by atoms with Crippen LogP contribution >= 0.6 is 27.5 Å². The minimum Gasteiger partial charge on any atom is -0.0840 e. The third-order valence-corrected chi connectivity index (χ3v) is 4.54. The average Bonchev–Trinajstić information content (AvgIpc) is 2.29. The van der Waals surface area contributed by atoms with Crippen LogP contribution in [0.1, 0.15) is 60.5 Å². The number of hydrogen-bond acceptors (Lipinski definition) is 0. The van der Waals surface area contributed by atoms with Gasteiger partial charge in [-0.05, 0) is 43.0 Å². The normalized spacial score (nSPS) is 12.8. The second kappa shape index (κ2) is 7.43. The first-order valence-electron chi connectivity index (χ1n) is 6.47. The number of halogens is 2. The zero-order valence-electron chi connectivity index (χ0n) is 11.0. The second-order valence-electron chi connectivity index (χ2n) is 4.77. The maximum absolute atomic E-state index is 6.31. The van der Waals surface area contributed by atoms with Gasteiger partial charge in [-0.3, -0.25) is 0 Å². The van der Waals surface area contributed by atoms with Crippen molar-refractivity contribution in [1.29, 1.82) is 0 Å². The molecule has 0 aliphatic heterocycles. The predicted octanol–water partition coefficient (Wildman–Crippen LogP) is 6.36. The number of alkyl halides is 1. The lowest BCUT2D eigenvalue weighted by molar-refractivity contribution is 0.630. The van der Waals surface area contributed by atoms with Gasteiger partial charge in [-0.2, -0.15) is 0 Å². The molecular formula is C15H22BrCl. The standard InChI is InChI=1S/C15H22BrCl/c1-4-5-6-7-8-14(16)13-9-11(2)12(3)10-15(13)17/h9-10,14H,4-8H2,1-3H3. The van der Waals surface area contributed by atoms with Crippen molar-refractivity contribution in [2.45, 2.75) is 57.7 Å². The Labute approximate surface area is 119 Å². The van der Waals surface area contributed by atoms with Crippen LogP contribution in [0.15, 0.2) is 12.1 Å². The van der Waals surface area contributed by atoms with Crippen LogP contribution in [-0.2, 0) is 0 Å². The fourth-order valence-electron chi connectivity index (χ4n) is 1.95. The predicted molar refractivity (Wildman–Crippen MR) is 81.4 cm³/mol. The van der Waals surface area contributed by atoms with Gasteiger partial charge in [-0.15, -0.1) is 0 Å². The molecule has 0 saturated heterocycles. The van der Waals surface area contributed by atoms with E-state index in [-0.39, 0.29) is 0 Å². The van der Waals surface area contributed by atoms with Crippen molar-refractivity contribution in [2.75, 3.05) is 0 Å². The molecule has 1 unspecified atom stereocenters. The Kier molecular flexibility index (Phi) is 6.58. The van der Waals surface area contributed by atoms with E-state index in [9.17, 15) is 0 Å². The highest BCUT2D eigenvalue weighted by molar-refractivity contribution is 9.09. The van der Waals surface area contributed by atoms with E-state index in [0.29, 0.717) is 4.83 Å². The third-order valence-electron chi connectivity index (χ3n) is 3.26. The van der Waals surface area contributed by atoms with Gasteiger partial charge in [-0.1, -0.05) is 66.2 Å². The van der Waals surface area contributed by atoms with Crippen molar-refractivity contribution in [1.82, 2.24) is 0 Å². The Morgan fingerprint density at radius 2 is 1.76 bits per heavy atom. The first kappa shape index (κ1) is 15.0. The van der Waals surface area contributed by atoms with E-state index in [2.05, 4.69) is 48.8 Å². The Hall–Kier alpha value is -0.0100. The summed E-state index contributed by atoms with van der Waals surface area (Å²) in [6.07, 6.45) is 6.38. The van der Waals surface area contributed by atoms with Gasteiger partial charge < -0.3 is 0 Å². The third kappa shape index (κ3) is 4.63. The maximum atomic E-state index is 6.31. The SMILES string of the molecule is CCCCCCC(Br)c1cc(C)c(C)cc1Cl. The van der Waals surface area contributed by atoms with Gasteiger partial charge in [0.2, 0.25) is 0 Å². The van der Waals surface area contributed by atoms with E-state index >= 15 is 0 Å². The molecule has 17 heavy (non-hydrogen) atoms. The van der Waals surface area contributed by atoms with Gasteiger partial charge in [0.15, 0.2) is 0 Å². The Morgan fingerprint density at radius 1 is 1.12 bits per heavy atom. The van der Waals surface area contributed by atoms with Crippen molar-refractivity contribution in [3.63, 3.8) is 0 Å². The van der Waals surface area contributed by atoms with Crippen molar-refractivity contribution in [3.05, 3.63) is 33.8 Å². The molecule has 1 aromatic carbocycles. The summed E-state index contributed by atoms with van der Waals surface area (Å²) in [6.45, 7) is 6.49. The van der Waals surface area contributed by atoms with Gasteiger partial charge in [-0.25, -0.2) is 0 Å². The topological polar surface area (TPSA) is 0 Å². The lowest BCUT2D eigenvalue weighted by atomic mass is 10.0. The number of aryl methyl sites for hydroxylation is 2. The zero-order chi connectivity index (χ0) is 12.8. The van der Waals surface area contributed by atoms with Crippen LogP contribution in [0.3, 0.4) is 0 Å². The highest BCUT2D eigenvalue weighted by Gasteiger charge is 2.12. The summed E-state index contributed by atoms with van der Waals surface area (Å²) in [7, 11) is 0. The van der Waals surface area contributed by atoms with Crippen LogP contribution in [0.4, 0.5) is 0 Å². The van der Waals surface area contributed by atoms with Crippen molar-refractivity contribution in [3.8, 4) is 0 Å². The van der Waals surface area contributed by atoms with E-state index < -0.39 is 0 Å². The fourth-order valence-corrected chi connectivity index (χ4v) is 3.13. The molecule has 0 saturated carbocycles. The maximum Gasteiger partial charge on any atom is 0.0452 e. The monoisotopic (exact) mass is 316 g/mol. The number of rotatable bonds is 6. The molecule has 0 aliphatic rings. The Bertz CT molecular complexity index is 360. The number of hydrogen-bond donors (Lipinski definition) is 0. The van der Waals surface area contributed by atoms with Gasteiger partial charge >= 0.3 is 0 Å². The molecule has 2 heteroatoms. The van der Waals surface area contributed by atoms with Crippen molar-refractivity contribution < 1.29 is 0 Å². The van der Waals surface area contributed by atoms with E-state index in [1.165, 1.54) is 48.8 Å². The molecule has 0 spiro atoms. The zero-order valence-corrected chi connectivity index (χ0v) is 13.4. The molecule has 1 rings (SSSR count). The first-order chi connectivity index (χ1) is 8.06. The smallest absolute Gasteiger partial charge is 0.0452 e. The molecule has 0 bridgehead atoms. The highest BCUT2D eigenvalue weighted by atomic mass is 79.9. The van der Waals surface area contributed by atoms with Gasteiger partial charge in [0.1, 0.15) is 0 Å².